The van der Waals surface area contributed by atoms with E-state index in [1.54, 1.807) is 0 Å². The molecular formula is C20H24F2N4O. The van der Waals surface area contributed by atoms with Crippen LogP contribution >= 0.6 is 0 Å². The third kappa shape index (κ3) is 5.17. The van der Waals surface area contributed by atoms with Gasteiger partial charge in [0.05, 0.1) is 0 Å². The van der Waals surface area contributed by atoms with Crippen LogP contribution < -0.4 is 15.5 Å². The van der Waals surface area contributed by atoms with Gasteiger partial charge in [-0.05, 0) is 43.4 Å². The average molecular weight is 374 g/mol. The number of rotatable bonds is 6. The van der Waals surface area contributed by atoms with Gasteiger partial charge in [-0.1, -0.05) is 6.07 Å². The number of para-hydroxylation sites is 1. The van der Waals surface area contributed by atoms with E-state index in [-0.39, 0.29) is 6.42 Å². The van der Waals surface area contributed by atoms with Gasteiger partial charge >= 0.3 is 0 Å². The SMILES string of the molecule is CN1CCN(c2ccc(NCCC(=O)Nc3c(F)cccc3F)cc2)CC1. The minimum absolute atomic E-state index is 0.105. The predicted molar refractivity (Wildman–Crippen MR) is 104 cm³/mol. The highest BCUT2D eigenvalue weighted by Gasteiger charge is 2.14. The molecule has 144 valence electrons. The van der Waals surface area contributed by atoms with Crippen molar-refractivity contribution in [3.8, 4) is 0 Å². The number of amides is 1. The number of carbonyl (C=O) groups excluding carboxylic acids is 1. The third-order valence-electron chi connectivity index (χ3n) is 4.64. The monoisotopic (exact) mass is 374 g/mol. The molecule has 1 fully saturated rings. The molecule has 0 radical (unpaired) electrons. The normalized spacial score (nSPS) is 14.9. The summed E-state index contributed by atoms with van der Waals surface area (Å²) in [7, 11) is 2.13. The quantitative estimate of drug-likeness (QED) is 0.816. The number of halogens is 2. The summed E-state index contributed by atoms with van der Waals surface area (Å²) in [6.07, 6.45) is 0.105. The molecule has 0 unspecified atom stereocenters. The van der Waals surface area contributed by atoms with Crippen LogP contribution in [0.3, 0.4) is 0 Å². The zero-order valence-electron chi connectivity index (χ0n) is 15.3. The van der Waals surface area contributed by atoms with Crippen LogP contribution in [0.25, 0.3) is 0 Å². The van der Waals surface area contributed by atoms with Crippen LogP contribution in [0.4, 0.5) is 25.8 Å². The van der Waals surface area contributed by atoms with E-state index in [2.05, 4.69) is 39.6 Å². The van der Waals surface area contributed by atoms with E-state index < -0.39 is 23.2 Å². The van der Waals surface area contributed by atoms with Gasteiger partial charge in [0.25, 0.3) is 0 Å². The molecular weight excluding hydrogens is 350 g/mol. The molecule has 1 amide bonds. The van der Waals surface area contributed by atoms with Crippen molar-refractivity contribution < 1.29 is 13.6 Å². The van der Waals surface area contributed by atoms with E-state index in [9.17, 15) is 13.6 Å². The Bertz CT molecular complexity index is 754. The Kier molecular flexibility index (Phi) is 6.24. The zero-order valence-corrected chi connectivity index (χ0v) is 15.3. The van der Waals surface area contributed by atoms with Gasteiger partial charge in [-0.15, -0.1) is 0 Å². The fourth-order valence-electron chi connectivity index (χ4n) is 2.99. The van der Waals surface area contributed by atoms with E-state index in [1.165, 1.54) is 11.8 Å². The number of hydrogen-bond donors (Lipinski definition) is 2. The molecule has 7 heteroatoms. The van der Waals surface area contributed by atoms with Crippen LogP contribution in [-0.4, -0.2) is 50.6 Å². The summed E-state index contributed by atoms with van der Waals surface area (Å²) in [5.41, 5.74) is 1.68. The van der Waals surface area contributed by atoms with Gasteiger partial charge in [-0.3, -0.25) is 4.79 Å². The van der Waals surface area contributed by atoms with Crippen molar-refractivity contribution in [1.29, 1.82) is 0 Å². The average Bonchev–Trinajstić information content (AvgIpc) is 2.66. The second kappa shape index (κ2) is 8.81. The van der Waals surface area contributed by atoms with Crippen molar-refractivity contribution in [2.45, 2.75) is 6.42 Å². The van der Waals surface area contributed by atoms with Crippen molar-refractivity contribution in [2.24, 2.45) is 0 Å². The van der Waals surface area contributed by atoms with E-state index in [1.807, 2.05) is 12.1 Å². The summed E-state index contributed by atoms with van der Waals surface area (Å²) in [6.45, 7) is 4.50. The standard InChI is InChI=1S/C20H24F2N4O/c1-25-11-13-26(14-12-25)16-7-5-15(6-8-16)23-10-9-19(27)24-20-17(21)3-2-4-18(20)22/h2-8,23H,9-14H2,1H3,(H,24,27). The number of nitrogens with zero attached hydrogens (tertiary/aromatic N) is 2. The fourth-order valence-corrected chi connectivity index (χ4v) is 2.99. The molecule has 2 N–H and O–H groups in total. The highest BCUT2D eigenvalue weighted by atomic mass is 19.1. The van der Waals surface area contributed by atoms with Gasteiger partial charge in [0, 0.05) is 50.5 Å². The first kappa shape index (κ1) is 19.1. The minimum atomic E-state index is -0.782. The van der Waals surface area contributed by atoms with Crippen LogP contribution in [-0.2, 0) is 4.79 Å². The Balaban J connectivity index is 1.45. The van der Waals surface area contributed by atoms with Gasteiger partial charge in [-0.2, -0.15) is 0 Å². The predicted octanol–water partition coefficient (Wildman–Crippen LogP) is 3.16. The first-order chi connectivity index (χ1) is 13.0. The maximum absolute atomic E-state index is 13.5. The molecule has 1 aliphatic rings. The fraction of sp³-hybridized carbons (Fsp3) is 0.350. The number of carbonyl (C=O) groups is 1. The van der Waals surface area contributed by atoms with Gasteiger partial charge in [0.15, 0.2) is 0 Å². The van der Waals surface area contributed by atoms with Crippen molar-refractivity contribution in [3.05, 3.63) is 54.1 Å². The van der Waals surface area contributed by atoms with Crippen molar-refractivity contribution in [3.63, 3.8) is 0 Å². The zero-order chi connectivity index (χ0) is 19.2. The lowest BCUT2D eigenvalue weighted by Gasteiger charge is -2.34. The van der Waals surface area contributed by atoms with Crippen molar-refractivity contribution in [1.82, 2.24) is 4.90 Å². The minimum Gasteiger partial charge on any atom is -0.385 e. The van der Waals surface area contributed by atoms with Gasteiger partial charge in [0.2, 0.25) is 5.91 Å². The molecule has 5 nitrogen and oxygen atoms in total. The van der Waals surface area contributed by atoms with Crippen molar-refractivity contribution in [2.75, 3.05) is 55.3 Å². The Morgan fingerprint density at radius 3 is 2.26 bits per heavy atom. The van der Waals surface area contributed by atoms with E-state index >= 15 is 0 Å². The Morgan fingerprint density at radius 2 is 1.63 bits per heavy atom. The van der Waals surface area contributed by atoms with E-state index in [0.717, 1.165) is 44.0 Å². The first-order valence-corrected chi connectivity index (χ1v) is 9.04. The molecule has 1 heterocycles. The molecule has 3 rings (SSSR count). The van der Waals surface area contributed by atoms with Crippen LogP contribution in [0.2, 0.25) is 0 Å². The maximum Gasteiger partial charge on any atom is 0.226 e. The van der Waals surface area contributed by atoms with E-state index in [0.29, 0.717) is 6.54 Å². The molecule has 1 saturated heterocycles. The number of piperazine rings is 1. The van der Waals surface area contributed by atoms with Gasteiger partial charge < -0.3 is 20.4 Å². The van der Waals surface area contributed by atoms with Crippen LogP contribution in [0.5, 0.6) is 0 Å². The molecule has 0 aromatic heterocycles. The number of nitrogens with one attached hydrogen (secondary N) is 2. The molecule has 0 bridgehead atoms. The van der Waals surface area contributed by atoms with Crippen LogP contribution in [0.15, 0.2) is 42.5 Å². The summed E-state index contributed by atoms with van der Waals surface area (Å²) in [5, 5.41) is 5.43. The van der Waals surface area contributed by atoms with Crippen LogP contribution in [0, 0.1) is 11.6 Å². The Labute approximate surface area is 158 Å². The van der Waals surface area contributed by atoms with Crippen LogP contribution in [0.1, 0.15) is 6.42 Å². The third-order valence-corrected chi connectivity index (χ3v) is 4.64. The molecule has 0 atom stereocenters. The second-order valence-corrected chi connectivity index (χ2v) is 6.66. The Morgan fingerprint density at radius 1 is 1.00 bits per heavy atom. The number of anilines is 3. The smallest absolute Gasteiger partial charge is 0.226 e. The summed E-state index contributed by atoms with van der Waals surface area (Å²) in [4.78, 5) is 16.6. The molecule has 2 aromatic carbocycles. The lowest BCUT2D eigenvalue weighted by molar-refractivity contribution is -0.116. The molecule has 1 aliphatic heterocycles. The molecule has 27 heavy (non-hydrogen) atoms. The molecule has 2 aromatic rings. The second-order valence-electron chi connectivity index (χ2n) is 6.66. The maximum atomic E-state index is 13.5. The summed E-state index contributed by atoms with van der Waals surface area (Å²) in [6, 6.07) is 11.5. The topological polar surface area (TPSA) is 47.6 Å². The number of hydrogen-bond acceptors (Lipinski definition) is 4. The van der Waals surface area contributed by atoms with Gasteiger partial charge in [-0.25, -0.2) is 8.78 Å². The summed E-state index contributed by atoms with van der Waals surface area (Å²) in [5.74, 6) is -2.01. The van der Waals surface area contributed by atoms with E-state index in [4.69, 9.17) is 0 Å². The highest BCUT2D eigenvalue weighted by Crippen LogP contribution is 2.20. The van der Waals surface area contributed by atoms with Gasteiger partial charge in [0.1, 0.15) is 17.3 Å². The lowest BCUT2D eigenvalue weighted by atomic mass is 10.2. The summed E-state index contributed by atoms with van der Waals surface area (Å²) < 4.78 is 27.1. The molecule has 0 saturated carbocycles. The largest absolute Gasteiger partial charge is 0.385 e. The lowest BCUT2D eigenvalue weighted by Crippen LogP contribution is -2.44. The summed E-state index contributed by atoms with van der Waals surface area (Å²) >= 11 is 0. The first-order valence-electron chi connectivity index (χ1n) is 9.04. The highest BCUT2D eigenvalue weighted by molar-refractivity contribution is 5.91. The molecule has 0 spiro atoms. The number of likely N-dealkylation sites (N-methyl/N-ethyl adjacent to an activating group) is 1. The number of benzene rings is 2. The van der Waals surface area contributed by atoms with Crippen molar-refractivity contribution >= 4 is 23.0 Å². The Hall–Kier alpha value is -2.67. The molecule has 0 aliphatic carbocycles.